The number of ether oxygens (including phenoxy) is 1. The second-order valence-electron chi connectivity index (χ2n) is 7.19. The lowest BCUT2D eigenvalue weighted by atomic mass is 10.00. The summed E-state index contributed by atoms with van der Waals surface area (Å²) in [4.78, 5) is 15.5. The molecule has 8 nitrogen and oxygen atoms in total. The van der Waals surface area contributed by atoms with Gasteiger partial charge in [-0.2, -0.15) is 5.26 Å². The molecule has 1 heterocycles. The largest absolute Gasteiger partial charge is 0.573 e. The van der Waals surface area contributed by atoms with Gasteiger partial charge in [0, 0.05) is 12.7 Å². The van der Waals surface area contributed by atoms with Crippen molar-refractivity contribution in [2.75, 3.05) is 11.1 Å². The van der Waals surface area contributed by atoms with Gasteiger partial charge in [0.05, 0.1) is 22.8 Å². The first-order chi connectivity index (χ1) is 14.9. The molecule has 1 fully saturated rings. The number of benzene rings is 1. The van der Waals surface area contributed by atoms with Crippen LogP contribution in [-0.2, 0) is 21.8 Å². The first-order valence-corrected chi connectivity index (χ1v) is 11.1. The van der Waals surface area contributed by atoms with Gasteiger partial charge in [-0.3, -0.25) is 0 Å². The number of sulfone groups is 1. The third-order valence-corrected chi connectivity index (χ3v) is 6.82. The van der Waals surface area contributed by atoms with Crippen molar-refractivity contribution in [2.45, 2.75) is 43.0 Å². The summed E-state index contributed by atoms with van der Waals surface area (Å²) >= 11 is 0. The van der Waals surface area contributed by atoms with Crippen molar-refractivity contribution in [3.63, 3.8) is 0 Å². The van der Waals surface area contributed by atoms with Gasteiger partial charge in [0.1, 0.15) is 16.5 Å². The fourth-order valence-electron chi connectivity index (χ4n) is 3.11. The molecule has 1 aliphatic rings. The highest BCUT2D eigenvalue weighted by Gasteiger charge is 2.45. The summed E-state index contributed by atoms with van der Waals surface area (Å²) in [5.74, 6) is -2.45. The van der Waals surface area contributed by atoms with Crippen LogP contribution in [0.5, 0.6) is 5.75 Å². The number of nitrogens with one attached hydrogen (secondary N) is 1. The van der Waals surface area contributed by atoms with Gasteiger partial charge < -0.3 is 15.2 Å². The lowest BCUT2D eigenvalue weighted by Crippen LogP contribution is -2.18. The standard InChI is InChI=1S/C20H18F3N3O5S/c1-2-32(29,30)16-7-13(19(11-24)5-6-19)10-26-17(16)25-9-12-3-4-14(31-20(21,22)23)8-15(12)18(27)28/h3-4,7-8,10H,2,5-6,9H2,1H3,(H,25,26)(H,27,28). The van der Waals surface area contributed by atoms with Crippen LogP contribution in [0.15, 0.2) is 35.4 Å². The Bertz CT molecular complexity index is 1200. The second kappa shape index (κ2) is 8.31. The van der Waals surface area contributed by atoms with Crippen molar-refractivity contribution < 1.29 is 36.2 Å². The summed E-state index contributed by atoms with van der Waals surface area (Å²) in [5, 5.41) is 21.5. The number of carboxylic acids is 1. The summed E-state index contributed by atoms with van der Waals surface area (Å²) in [6, 6.07) is 6.39. The van der Waals surface area contributed by atoms with E-state index in [4.69, 9.17) is 0 Å². The Hall–Kier alpha value is -3.33. The summed E-state index contributed by atoms with van der Waals surface area (Å²) in [5.41, 5.74) is -0.628. The maximum atomic E-state index is 12.6. The number of halogens is 3. The van der Waals surface area contributed by atoms with Crippen LogP contribution in [0.25, 0.3) is 0 Å². The van der Waals surface area contributed by atoms with E-state index >= 15 is 0 Å². The number of nitrogens with zero attached hydrogens (tertiary/aromatic N) is 2. The molecule has 170 valence electrons. The van der Waals surface area contributed by atoms with Crippen LogP contribution in [0, 0.1) is 11.3 Å². The summed E-state index contributed by atoms with van der Waals surface area (Å²) < 4.78 is 66.2. The molecule has 0 saturated heterocycles. The highest BCUT2D eigenvalue weighted by Crippen LogP contribution is 2.48. The maximum Gasteiger partial charge on any atom is 0.573 e. The van der Waals surface area contributed by atoms with Gasteiger partial charge >= 0.3 is 12.3 Å². The highest BCUT2D eigenvalue weighted by atomic mass is 32.2. The quantitative estimate of drug-likeness (QED) is 0.600. The van der Waals surface area contributed by atoms with Crippen molar-refractivity contribution in [3.05, 3.63) is 47.2 Å². The number of aromatic carboxylic acids is 1. The monoisotopic (exact) mass is 469 g/mol. The molecule has 0 amide bonds. The molecule has 0 radical (unpaired) electrons. The van der Waals surface area contributed by atoms with E-state index in [-0.39, 0.29) is 28.6 Å². The average Bonchev–Trinajstić information content (AvgIpc) is 3.52. The SMILES string of the molecule is CCS(=O)(=O)c1cc(C2(C#N)CC2)cnc1NCc1ccc(OC(F)(F)F)cc1C(=O)O. The van der Waals surface area contributed by atoms with Gasteiger partial charge in [-0.25, -0.2) is 18.2 Å². The zero-order valence-electron chi connectivity index (χ0n) is 16.7. The first-order valence-electron chi connectivity index (χ1n) is 9.41. The molecular formula is C20H18F3N3O5S. The van der Waals surface area contributed by atoms with Gasteiger partial charge in [0.2, 0.25) is 0 Å². The van der Waals surface area contributed by atoms with E-state index in [1.165, 1.54) is 19.2 Å². The number of hydrogen-bond acceptors (Lipinski definition) is 7. The maximum absolute atomic E-state index is 12.6. The zero-order valence-corrected chi connectivity index (χ0v) is 17.5. The van der Waals surface area contributed by atoms with E-state index in [0.29, 0.717) is 18.4 Å². The number of pyridine rings is 1. The normalized spacial score (nSPS) is 15.0. The van der Waals surface area contributed by atoms with Crippen LogP contribution in [0.4, 0.5) is 19.0 Å². The van der Waals surface area contributed by atoms with Crippen molar-refractivity contribution >= 4 is 21.6 Å². The predicted octanol–water partition coefficient (Wildman–Crippen LogP) is 3.64. The van der Waals surface area contributed by atoms with Crippen LogP contribution in [0.3, 0.4) is 0 Å². The minimum Gasteiger partial charge on any atom is -0.478 e. The Kier molecular flexibility index (Phi) is 6.06. The van der Waals surface area contributed by atoms with Crippen LogP contribution in [0.2, 0.25) is 0 Å². The number of nitriles is 1. The van der Waals surface area contributed by atoms with Crippen LogP contribution in [-0.4, -0.2) is 36.6 Å². The molecule has 2 aromatic rings. The lowest BCUT2D eigenvalue weighted by Gasteiger charge is -2.16. The summed E-state index contributed by atoms with van der Waals surface area (Å²) in [7, 11) is -3.75. The van der Waals surface area contributed by atoms with E-state index in [0.717, 1.165) is 18.2 Å². The van der Waals surface area contributed by atoms with Crippen LogP contribution in [0.1, 0.15) is 41.3 Å². The molecule has 12 heteroatoms. The third kappa shape index (κ3) is 4.94. The molecule has 0 atom stereocenters. The van der Waals surface area contributed by atoms with Gasteiger partial charge in [-0.05, 0) is 42.2 Å². The molecule has 1 aliphatic carbocycles. The minimum absolute atomic E-state index is 0.0451. The molecular weight excluding hydrogens is 451 g/mol. The van der Waals surface area contributed by atoms with Crippen LogP contribution < -0.4 is 10.1 Å². The Labute approximate surface area is 181 Å². The fraction of sp³-hybridized carbons (Fsp3) is 0.350. The van der Waals surface area contributed by atoms with Gasteiger partial charge in [0.25, 0.3) is 0 Å². The predicted molar refractivity (Wildman–Crippen MR) is 106 cm³/mol. The number of rotatable bonds is 8. The van der Waals surface area contributed by atoms with Crippen molar-refractivity contribution in [2.24, 2.45) is 0 Å². The number of aromatic nitrogens is 1. The fourth-order valence-corrected chi connectivity index (χ4v) is 4.14. The summed E-state index contributed by atoms with van der Waals surface area (Å²) in [6.07, 6.45) is -2.39. The summed E-state index contributed by atoms with van der Waals surface area (Å²) in [6.45, 7) is 1.22. The van der Waals surface area contributed by atoms with E-state index in [9.17, 15) is 36.8 Å². The average molecular weight is 469 g/mol. The van der Waals surface area contributed by atoms with Gasteiger partial charge in [-0.1, -0.05) is 13.0 Å². The molecule has 3 rings (SSSR count). The number of carboxylic acid groups (broad SMARTS) is 1. The molecule has 2 N–H and O–H groups in total. The third-order valence-electron chi connectivity index (χ3n) is 5.08. The van der Waals surface area contributed by atoms with Crippen molar-refractivity contribution in [3.8, 4) is 11.8 Å². The van der Waals surface area contributed by atoms with Crippen molar-refractivity contribution in [1.82, 2.24) is 4.98 Å². The molecule has 1 saturated carbocycles. The molecule has 0 aliphatic heterocycles. The zero-order chi connectivity index (χ0) is 23.7. The number of carbonyl (C=O) groups is 1. The van der Waals surface area contributed by atoms with E-state index < -0.39 is 38.9 Å². The van der Waals surface area contributed by atoms with E-state index in [1.807, 2.05) is 0 Å². The minimum atomic E-state index is -4.98. The first kappa shape index (κ1) is 23.3. The Morgan fingerprint density at radius 1 is 1.34 bits per heavy atom. The second-order valence-corrected chi connectivity index (χ2v) is 9.44. The van der Waals surface area contributed by atoms with Gasteiger partial charge in [0.15, 0.2) is 9.84 Å². The van der Waals surface area contributed by atoms with Gasteiger partial charge in [-0.15, -0.1) is 13.2 Å². The number of hydrogen-bond donors (Lipinski definition) is 2. The molecule has 32 heavy (non-hydrogen) atoms. The Morgan fingerprint density at radius 3 is 2.56 bits per heavy atom. The van der Waals surface area contributed by atoms with E-state index in [2.05, 4.69) is 21.1 Å². The highest BCUT2D eigenvalue weighted by molar-refractivity contribution is 7.91. The van der Waals surface area contributed by atoms with Crippen molar-refractivity contribution in [1.29, 1.82) is 5.26 Å². The lowest BCUT2D eigenvalue weighted by molar-refractivity contribution is -0.274. The molecule has 0 unspecified atom stereocenters. The number of anilines is 1. The Morgan fingerprint density at radius 2 is 2.03 bits per heavy atom. The smallest absolute Gasteiger partial charge is 0.478 e. The Balaban J connectivity index is 1.93. The van der Waals surface area contributed by atoms with E-state index in [1.54, 1.807) is 0 Å². The number of alkyl halides is 3. The molecule has 1 aromatic carbocycles. The molecule has 1 aromatic heterocycles. The topological polar surface area (TPSA) is 129 Å². The van der Waals surface area contributed by atoms with Crippen LogP contribution >= 0.6 is 0 Å². The molecule has 0 bridgehead atoms. The molecule has 0 spiro atoms.